The Kier molecular flexibility index (Phi) is 2.25. The first kappa shape index (κ1) is 8.48. The van der Waals surface area contributed by atoms with E-state index >= 15 is 0 Å². The van der Waals surface area contributed by atoms with Crippen molar-refractivity contribution in [3.8, 4) is 12.3 Å². The molecule has 1 aromatic rings. The van der Waals surface area contributed by atoms with Gasteiger partial charge >= 0.3 is 0 Å². The van der Waals surface area contributed by atoms with E-state index in [1.807, 2.05) is 5.92 Å². The number of terminal acetylenes is 1. The molecule has 1 rings (SSSR count). The Balaban J connectivity index is 3.19. The molecule has 0 radical (unpaired) electrons. The molecule has 0 unspecified atom stereocenters. The van der Waals surface area contributed by atoms with Gasteiger partial charge in [0.05, 0.1) is 0 Å². The van der Waals surface area contributed by atoms with Crippen LogP contribution >= 0.6 is 0 Å². The van der Waals surface area contributed by atoms with Crippen LogP contribution in [0.1, 0.15) is 15.9 Å². The van der Waals surface area contributed by atoms with Gasteiger partial charge in [-0.15, -0.1) is 6.42 Å². The predicted octanol–water partition coefficient (Wildman–Crippen LogP) is 1.95. The summed E-state index contributed by atoms with van der Waals surface area (Å²) in [5.41, 5.74) is 0.920. The number of hydrogen-bond acceptors (Lipinski definition) is 1. The zero-order chi connectivity index (χ0) is 9.14. The zero-order valence-electron chi connectivity index (χ0n) is 6.60. The standard InChI is InChI=1S/C10H7FO/c1-3-10(12)8-4-7(2)5-9(11)6-8/h1,4-6H,2H3. The summed E-state index contributed by atoms with van der Waals surface area (Å²) in [6.45, 7) is 1.70. The van der Waals surface area contributed by atoms with Gasteiger partial charge in [0.2, 0.25) is 5.78 Å². The molecule has 0 heterocycles. The third kappa shape index (κ3) is 1.70. The lowest BCUT2D eigenvalue weighted by Crippen LogP contribution is -1.95. The van der Waals surface area contributed by atoms with E-state index in [0.717, 1.165) is 6.07 Å². The van der Waals surface area contributed by atoms with Crippen LogP contribution in [0.5, 0.6) is 0 Å². The lowest BCUT2D eigenvalue weighted by Gasteiger charge is -1.96. The van der Waals surface area contributed by atoms with Gasteiger partial charge in [0.15, 0.2) is 0 Å². The summed E-state index contributed by atoms with van der Waals surface area (Å²) in [7, 11) is 0. The van der Waals surface area contributed by atoms with Crippen LogP contribution in [-0.4, -0.2) is 5.78 Å². The molecule has 0 atom stereocenters. The Morgan fingerprint density at radius 3 is 2.67 bits per heavy atom. The van der Waals surface area contributed by atoms with Crippen molar-refractivity contribution < 1.29 is 9.18 Å². The van der Waals surface area contributed by atoms with Gasteiger partial charge in [-0.25, -0.2) is 4.39 Å². The lowest BCUT2D eigenvalue weighted by atomic mass is 10.1. The number of hydrogen-bond donors (Lipinski definition) is 0. The molecule has 12 heavy (non-hydrogen) atoms. The van der Waals surface area contributed by atoms with Crippen molar-refractivity contribution in [1.29, 1.82) is 0 Å². The predicted molar refractivity (Wildman–Crippen MR) is 44.3 cm³/mol. The van der Waals surface area contributed by atoms with Crippen LogP contribution in [0.4, 0.5) is 4.39 Å². The minimum Gasteiger partial charge on any atom is -0.279 e. The van der Waals surface area contributed by atoms with Crippen molar-refractivity contribution in [2.75, 3.05) is 0 Å². The van der Waals surface area contributed by atoms with Crippen LogP contribution in [0.25, 0.3) is 0 Å². The normalized spacial score (nSPS) is 9.08. The molecule has 0 saturated carbocycles. The Hall–Kier alpha value is -1.62. The van der Waals surface area contributed by atoms with Crippen molar-refractivity contribution in [2.24, 2.45) is 0 Å². The second kappa shape index (κ2) is 3.19. The van der Waals surface area contributed by atoms with Crippen molar-refractivity contribution >= 4 is 5.78 Å². The van der Waals surface area contributed by atoms with Crippen LogP contribution in [0.3, 0.4) is 0 Å². The quantitative estimate of drug-likeness (QED) is 0.350. The minimum absolute atomic E-state index is 0.231. The van der Waals surface area contributed by atoms with Gasteiger partial charge in [-0.05, 0) is 36.6 Å². The number of benzene rings is 1. The van der Waals surface area contributed by atoms with E-state index in [9.17, 15) is 9.18 Å². The fraction of sp³-hybridized carbons (Fsp3) is 0.100. The maximum absolute atomic E-state index is 12.7. The summed E-state index contributed by atoms with van der Waals surface area (Å²) in [6, 6.07) is 4.04. The SMILES string of the molecule is C#CC(=O)c1cc(C)cc(F)c1. The first-order valence-corrected chi connectivity index (χ1v) is 3.41. The molecule has 60 valence electrons. The van der Waals surface area contributed by atoms with Gasteiger partial charge < -0.3 is 0 Å². The van der Waals surface area contributed by atoms with Crippen LogP contribution in [0.2, 0.25) is 0 Å². The fourth-order valence-electron chi connectivity index (χ4n) is 0.951. The summed E-state index contributed by atoms with van der Waals surface area (Å²) in [5.74, 6) is 1.01. The fourth-order valence-corrected chi connectivity index (χ4v) is 0.951. The molecule has 0 spiro atoms. The number of carbonyl (C=O) groups excluding carboxylic acids is 1. The average molecular weight is 162 g/mol. The summed E-state index contributed by atoms with van der Waals surface area (Å²) in [6.07, 6.45) is 4.88. The maximum atomic E-state index is 12.7. The Labute approximate surface area is 70.2 Å². The van der Waals surface area contributed by atoms with E-state index in [1.54, 1.807) is 13.0 Å². The Morgan fingerprint density at radius 1 is 1.50 bits per heavy atom. The molecule has 0 aliphatic carbocycles. The van der Waals surface area contributed by atoms with Gasteiger partial charge in [-0.1, -0.05) is 0 Å². The maximum Gasteiger partial charge on any atom is 0.235 e. The van der Waals surface area contributed by atoms with Gasteiger partial charge in [0.1, 0.15) is 5.82 Å². The molecule has 0 bridgehead atoms. The number of Topliss-reactive ketones (excluding diaryl/α,β-unsaturated/α-hetero) is 1. The highest BCUT2D eigenvalue weighted by Crippen LogP contribution is 2.08. The van der Waals surface area contributed by atoms with Gasteiger partial charge in [-0.2, -0.15) is 0 Å². The van der Waals surface area contributed by atoms with Gasteiger partial charge in [0.25, 0.3) is 0 Å². The van der Waals surface area contributed by atoms with Gasteiger partial charge in [0, 0.05) is 5.56 Å². The average Bonchev–Trinajstić information content (AvgIpc) is 2.01. The van der Waals surface area contributed by atoms with Crippen molar-refractivity contribution in [2.45, 2.75) is 6.92 Å². The van der Waals surface area contributed by atoms with E-state index in [2.05, 4.69) is 0 Å². The highest BCUT2D eigenvalue weighted by Gasteiger charge is 2.03. The zero-order valence-corrected chi connectivity index (χ0v) is 6.60. The monoisotopic (exact) mass is 162 g/mol. The third-order valence-electron chi connectivity index (χ3n) is 1.44. The smallest absolute Gasteiger partial charge is 0.235 e. The molecule has 0 N–H and O–H groups in total. The number of ketones is 1. The number of aryl methyl sites for hydroxylation is 1. The summed E-state index contributed by atoms with van der Waals surface area (Å²) < 4.78 is 12.7. The second-order valence-corrected chi connectivity index (χ2v) is 2.49. The minimum atomic E-state index is -0.488. The van der Waals surface area contributed by atoms with E-state index in [4.69, 9.17) is 6.42 Å². The highest BCUT2D eigenvalue weighted by molar-refractivity contribution is 6.08. The summed E-state index contributed by atoms with van der Waals surface area (Å²) >= 11 is 0. The van der Waals surface area contributed by atoms with E-state index in [1.165, 1.54) is 6.07 Å². The molecule has 0 aliphatic heterocycles. The number of carbonyl (C=O) groups is 1. The first-order valence-electron chi connectivity index (χ1n) is 3.41. The van der Waals surface area contributed by atoms with Crippen LogP contribution in [-0.2, 0) is 0 Å². The molecular formula is C10H7FO. The molecule has 0 aliphatic rings. The van der Waals surface area contributed by atoms with Crippen molar-refractivity contribution in [1.82, 2.24) is 0 Å². The summed E-state index contributed by atoms with van der Waals surface area (Å²) in [5, 5.41) is 0. The largest absolute Gasteiger partial charge is 0.279 e. The second-order valence-electron chi connectivity index (χ2n) is 2.49. The molecule has 1 nitrogen and oxygen atoms in total. The van der Waals surface area contributed by atoms with Gasteiger partial charge in [-0.3, -0.25) is 4.79 Å². The van der Waals surface area contributed by atoms with E-state index in [0.29, 0.717) is 5.56 Å². The van der Waals surface area contributed by atoms with E-state index in [-0.39, 0.29) is 5.56 Å². The molecule has 0 amide bonds. The topological polar surface area (TPSA) is 17.1 Å². The Bertz CT molecular complexity index is 340. The molecule has 0 aromatic heterocycles. The Morgan fingerprint density at radius 2 is 2.17 bits per heavy atom. The molecule has 0 fully saturated rings. The lowest BCUT2D eigenvalue weighted by molar-refractivity contribution is 0.105. The van der Waals surface area contributed by atoms with E-state index < -0.39 is 11.6 Å². The van der Waals surface area contributed by atoms with Crippen LogP contribution in [0.15, 0.2) is 18.2 Å². The summed E-state index contributed by atoms with van der Waals surface area (Å²) in [4.78, 5) is 10.9. The van der Waals surface area contributed by atoms with Crippen LogP contribution < -0.4 is 0 Å². The third-order valence-corrected chi connectivity index (χ3v) is 1.44. The van der Waals surface area contributed by atoms with Crippen molar-refractivity contribution in [3.63, 3.8) is 0 Å². The molecule has 1 aromatic carbocycles. The first-order chi connectivity index (χ1) is 5.63. The number of halogens is 1. The van der Waals surface area contributed by atoms with Crippen LogP contribution in [0, 0.1) is 25.1 Å². The molecular weight excluding hydrogens is 155 g/mol. The number of rotatable bonds is 1. The molecule has 0 saturated heterocycles. The molecule has 2 heteroatoms. The van der Waals surface area contributed by atoms with Crippen molar-refractivity contribution in [3.05, 3.63) is 35.1 Å². The highest BCUT2D eigenvalue weighted by atomic mass is 19.1.